The van der Waals surface area contributed by atoms with Crippen LogP contribution in [0.1, 0.15) is 11.1 Å². The number of rotatable bonds is 5. The van der Waals surface area contributed by atoms with Gasteiger partial charge in [-0.05, 0) is 35.4 Å². The molecule has 4 nitrogen and oxygen atoms in total. The fourth-order valence-corrected chi connectivity index (χ4v) is 2.40. The van der Waals surface area contributed by atoms with Crippen LogP contribution in [0.5, 0.6) is 0 Å². The molecular weight excluding hydrogens is 308 g/mol. The van der Waals surface area contributed by atoms with E-state index in [1.54, 1.807) is 7.05 Å². The first-order valence-corrected chi connectivity index (χ1v) is 7.91. The Morgan fingerprint density at radius 3 is 2.17 bits per heavy atom. The Labute approximate surface area is 143 Å². The van der Waals surface area contributed by atoms with Crippen molar-refractivity contribution in [1.29, 1.82) is 0 Å². The highest BCUT2D eigenvalue weighted by Gasteiger charge is 2.01. The zero-order chi connectivity index (χ0) is 16.7. The van der Waals surface area contributed by atoms with Crippen LogP contribution in [0.2, 0.25) is 5.02 Å². The molecule has 0 atom stereocenters. The standard InChI is InChI=1S/C18H23ClN4/c1-20-18(21-12-14-6-4-8-16(19)10-14)22-13-15-7-5-9-17(11-15)23(2)3/h4-11H,12-13H2,1-3H3,(H2,20,21,22). The maximum atomic E-state index is 6.00. The number of hydrogen-bond donors (Lipinski definition) is 2. The van der Waals surface area contributed by atoms with E-state index in [-0.39, 0.29) is 0 Å². The summed E-state index contributed by atoms with van der Waals surface area (Å²) < 4.78 is 0. The summed E-state index contributed by atoms with van der Waals surface area (Å²) in [6.07, 6.45) is 0. The van der Waals surface area contributed by atoms with Crippen molar-refractivity contribution < 1.29 is 0 Å². The lowest BCUT2D eigenvalue weighted by Gasteiger charge is -2.15. The third kappa shape index (κ3) is 5.49. The Bertz CT molecular complexity index is 668. The summed E-state index contributed by atoms with van der Waals surface area (Å²) >= 11 is 6.00. The first-order valence-electron chi connectivity index (χ1n) is 7.53. The minimum atomic E-state index is 0.679. The first kappa shape index (κ1) is 17.2. The number of guanidine groups is 1. The maximum Gasteiger partial charge on any atom is 0.191 e. The fraction of sp³-hybridized carbons (Fsp3) is 0.278. The van der Waals surface area contributed by atoms with E-state index in [1.807, 2.05) is 38.4 Å². The third-order valence-electron chi connectivity index (χ3n) is 3.46. The largest absolute Gasteiger partial charge is 0.378 e. The Morgan fingerprint density at radius 1 is 1.00 bits per heavy atom. The number of aliphatic imine (C=N–C) groups is 1. The van der Waals surface area contributed by atoms with Crippen molar-refractivity contribution in [3.8, 4) is 0 Å². The molecule has 5 heteroatoms. The average molecular weight is 331 g/mol. The van der Waals surface area contributed by atoms with Crippen molar-refractivity contribution in [1.82, 2.24) is 10.6 Å². The molecule has 2 aromatic carbocycles. The van der Waals surface area contributed by atoms with E-state index in [4.69, 9.17) is 11.6 Å². The molecule has 0 bridgehead atoms. The van der Waals surface area contributed by atoms with Gasteiger partial charge in [-0.3, -0.25) is 4.99 Å². The van der Waals surface area contributed by atoms with Crippen molar-refractivity contribution in [2.45, 2.75) is 13.1 Å². The van der Waals surface area contributed by atoms with Gasteiger partial charge in [0.15, 0.2) is 5.96 Å². The van der Waals surface area contributed by atoms with E-state index < -0.39 is 0 Å². The van der Waals surface area contributed by atoms with Crippen molar-refractivity contribution in [2.24, 2.45) is 4.99 Å². The zero-order valence-electron chi connectivity index (χ0n) is 13.8. The topological polar surface area (TPSA) is 39.7 Å². The highest BCUT2D eigenvalue weighted by Crippen LogP contribution is 2.13. The van der Waals surface area contributed by atoms with E-state index in [0.29, 0.717) is 6.54 Å². The number of hydrogen-bond acceptors (Lipinski definition) is 2. The molecule has 0 aliphatic carbocycles. The van der Waals surface area contributed by atoms with Crippen LogP contribution in [0, 0.1) is 0 Å². The summed E-state index contributed by atoms with van der Waals surface area (Å²) in [5.74, 6) is 0.764. The predicted octanol–water partition coefficient (Wildman–Crippen LogP) is 3.27. The predicted molar refractivity (Wildman–Crippen MR) is 99.3 cm³/mol. The lowest BCUT2D eigenvalue weighted by molar-refractivity contribution is 0.809. The van der Waals surface area contributed by atoms with Crippen LogP contribution in [-0.2, 0) is 13.1 Å². The van der Waals surface area contributed by atoms with E-state index in [1.165, 1.54) is 11.3 Å². The van der Waals surface area contributed by atoms with Gasteiger partial charge in [-0.15, -0.1) is 0 Å². The van der Waals surface area contributed by atoms with Crippen LogP contribution in [-0.4, -0.2) is 27.1 Å². The van der Waals surface area contributed by atoms with E-state index in [0.717, 1.165) is 23.1 Å². The lowest BCUT2D eigenvalue weighted by atomic mass is 10.2. The van der Waals surface area contributed by atoms with Crippen molar-refractivity contribution in [3.05, 3.63) is 64.7 Å². The number of nitrogens with one attached hydrogen (secondary N) is 2. The first-order chi connectivity index (χ1) is 11.1. The van der Waals surface area contributed by atoms with Crippen LogP contribution >= 0.6 is 11.6 Å². The van der Waals surface area contributed by atoms with Gasteiger partial charge in [0.1, 0.15) is 0 Å². The monoisotopic (exact) mass is 330 g/mol. The van der Waals surface area contributed by atoms with Gasteiger partial charge in [0.25, 0.3) is 0 Å². The third-order valence-corrected chi connectivity index (χ3v) is 3.69. The van der Waals surface area contributed by atoms with Gasteiger partial charge in [-0.1, -0.05) is 35.9 Å². The van der Waals surface area contributed by atoms with E-state index in [9.17, 15) is 0 Å². The molecule has 0 aromatic heterocycles. The van der Waals surface area contributed by atoms with Crippen molar-refractivity contribution in [2.75, 3.05) is 26.0 Å². The van der Waals surface area contributed by atoms with Gasteiger partial charge >= 0.3 is 0 Å². The molecule has 0 radical (unpaired) electrons. The molecule has 0 heterocycles. The molecule has 23 heavy (non-hydrogen) atoms. The van der Waals surface area contributed by atoms with Gasteiger partial charge in [0.05, 0.1) is 0 Å². The average Bonchev–Trinajstić information content (AvgIpc) is 2.55. The molecule has 0 fully saturated rings. The van der Waals surface area contributed by atoms with Gasteiger partial charge in [-0.25, -0.2) is 0 Å². The Morgan fingerprint density at radius 2 is 1.61 bits per heavy atom. The maximum absolute atomic E-state index is 6.00. The second-order valence-corrected chi connectivity index (χ2v) is 5.91. The molecule has 0 aliphatic rings. The molecule has 0 saturated heterocycles. The fourth-order valence-electron chi connectivity index (χ4n) is 2.18. The van der Waals surface area contributed by atoms with Gasteiger partial charge in [-0.2, -0.15) is 0 Å². The second-order valence-electron chi connectivity index (χ2n) is 5.47. The molecule has 122 valence electrons. The number of anilines is 1. The normalized spacial score (nSPS) is 11.2. The molecular formula is C18H23ClN4. The van der Waals surface area contributed by atoms with Gasteiger partial charge < -0.3 is 15.5 Å². The molecule has 2 aromatic rings. The summed E-state index contributed by atoms with van der Waals surface area (Å²) in [6, 6.07) is 16.2. The SMILES string of the molecule is CN=C(NCc1cccc(Cl)c1)NCc1cccc(N(C)C)c1. The highest BCUT2D eigenvalue weighted by molar-refractivity contribution is 6.30. The lowest BCUT2D eigenvalue weighted by Crippen LogP contribution is -2.36. The van der Waals surface area contributed by atoms with Gasteiger partial charge in [0, 0.05) is 44.9 Å². The molecule has 2 rings (SSSR count). The van der Waals surface area contributed by atoms with Crippen LogP contribution in [0.25, 0.3) is 0 Å². The summed E-state index contributed by atoms with van der Waals surface area (Å²) in [5, 5.41) is 7.36. The summed E-state index contributed by atoms with van der Waals surface area (Å²) in [4.78, 5) is 6.34. The van der Waals surface area contributed by atoms with Crippen LogP contribution in [0.4, 0.5) is 5.69 Å². The highest BCUT2D eigenvalue weighted by atomic mass is 35.5. The number of nitrogens with zero attached hydrogens (tertiary/aromatic N) is 2. The number of benzene rings is 2. The smallest absolute Gasteiger partial charge is 0.191 e. The Hall–Kier alpha value is -2.20. The number of halogens is 1. The quantitative estimate of drug-likeness (QED) is 0.653. The van der Waals surface area contributed by atoms with Crippen LogP contribution < -0.4 is 15.5 Å². The van der Waals surface area contributed by atoms with Gasteiger partial charge in [0.2, 0.25) is 0 Å². The molecule has 0 spiro atoms. The molecule has 0 amide bonds. The van der Waals surface area contributed by atoms with E-state index >= 15 is 0 Å². The van der Waals surface area contributed by atoms with Crippen LogP contribution in [0.3, 0.4) is 0 Å². The second kappa shape index (κ2) is 8.44. The Kier molecular flexibility index (Phi) is 6.29. The minimum Gasteiger partial charge on any atom is -0.378 e. The molecule has 0 saturated carbocycles. The molecule has 0 unspecified atom stereocenters. The summed E-state index contributed by atoms with van der Waals surface area (Å²) in [6.45, 7) is 1.40. The molecule has 0 aliphatic heterocycles. The van der Waals surface area contributed by atoms with E-state index in [2.05, 4.69) is 44.8 Å². The zero-order valence-corrected chi connectivity index (χ0v) is 14.6. The van der Waals surface area contributed by atoms with Crippen molar-refractivity contribution in [3.63, 3.8) is 0 Å². The summed E-state index contributed by atoms with van der Waals surface area (Å²) in [7, 11) is 5.85. The minimum absolute atomic E-state index is 0.679. The summed E-state index contributed by atoms with van der Waals surface area (Å²) in [5.41, 5.74) is 3.52. The molecule has 2 N–H and O–H groups in total. The van der Waals surface area contributed by atoms with Crippen LogP contribution in [0.15, 0.2) is 53.5 Å². The van der Waals surface area contributed by atoms with Crippen molar-refractivity contribution >= 4 is 23.2 Å². The Balaban J connectivity index is 1.89.